The fraction of sp³-hybridized carbons (Fsp3) is 0.700. The van der Waals surface area contributed by atoms with Crippen molar-refractivity contribution in [2.75, 3.05) is 59.4 Å². The zero-order valence-electron chi connectivity index (χ0n) is 16.7. The van der Waals surface area contributed by atoms with Gasteiger partial charge in [-0.25, -0.2) is 0 Å². The number of furan rings is 1. The molecule has 7 nitrogen and oxygen atoms in total. The van der Waals surface area contributed by atoms with Crippen molar-refractivity contribution in [1.82, 2.24) is 20.0 Å². The van der Waals surface area contributed by atoms with Crippen molar-refractivity contribution in [1.29, 1.82) is 0 Å². The SMILES string of the molecule is CCN1CCC(CCNC(=NC)N2CCN(C(=O)c3ccco3)CC2)CC1. The van der Waals surface area contributed by atoms with Gasteiger partial charge in [-0.05, 0) is 56.9 Å². The molecule has 2 saturated heterocycles. The molecule has 1 aromatic heterocycles. The predicted octanol–water partition coefficient (Wildman–Crippen LogP) is 1.73. The lowest BCUT2D eigenvalue weighted by Crippen LogP contribution is -2.54. The van der Waals surface area contributed by atoms with Gasteiger partial charge in [-0.15, -0.1) is 0 Å². The number of likely N-dealkylation sites (tertiary alicyclic amines) is 1. The highest BCUT2D eigenvalue weighted by Crippen LogP contribution is 2.19. The predicted molar refractivity (Wildman–Crippen MR) is 107 cm³/mol. The molecule has 0 spiro atoms. The molecule has 2 fully saturated rings. The standard InChI is InChI=1S/C20H33N5O2/c1-3-23-10-7-17(8-11-23)6-9-22-20(21-2)25-14-12-24(13-15-25)19(26)18-5-4-16-27-18/h4-5,16-17H,3,6-15H2,1-2H3,(H,21,22). The Hall–Kier alpha value is -2.02. The molecule has 7 heteroatoms. The molecule has 0 aliphatic carbocycles. The summed E-state index contributed by atoms with van der Waals surface area (Å²) in [5.41, 5.74) is 0. The van der Waals surface area contributed by atoms with E-state index in [9.17, 15) is 4.79 Å². The molecule has 1 N–H and O–H groups in total. The fourth-order valence-electron chi connectivity index (χ4n) is 3.99. The number of nitrogens with zero attached hydrogens (tertiary/aromatic N) is 4. The fourth-order valence-corrected chi connectivity index (χ4v) is 3.99. The number of amides is 1. The Labute approximate surface area is 162 Å². The summed E-state index contributed by atoms with van der Waals surface area (Å²) >= 11 is 0. The highest BCUT2D eigenvalue weighted by Gasteiger charge is 2.25. The van der Waals surface area contributed by atoms with Gasteiger partial charge in [0.05, 0.1) is 6.26 Å². The number of aliphatic imine (C=N–C) groups is 1. The van der Waals surface area contributed by atoms with Crippen LogP contribution in [0.15, 0.2) is 27.8 Å². The minimum Gasteiger partial charge on any atom is -0.459 e. The Bertz CT molecular complexity index is 600. The van der Waals surface area contributed by atoms with Crippen LogP contribution < -0.4 is 5.32 Å². The van der Waals surface area contributed by atoms with E-state index in [-0.39, 0.29) is 5.91 Å². The van der Waals surface area contributed by atoms with Crippen LogP contribution in [0.1, 0.15) is 36.7 Å². The molecular formula is C20H33N5O2. The first-order chi connectivity index (χ1) is 13.2. The van der Waals surface area contributed by atoms with E-state index >= 15 is 0 Å². The van der Waals surface area contributed by atoms with E-state index in [1.54, 1.807) is 18.4 Å². The van der Waals surface area contributed by atoms with Crippen molar-refractivity contribution < 1.29 is 9.21 Å². The first-order valence-corrected chi connectivity index (χ1v) is 10.2. The first-order valence-electron chi connectivity index (χ1n) is 10.2. The lowest BCUT2D eigenvalue weighted by Gasteiger charge is -2.36. The maximum atomic E-state index is 12.4. The number of piperidine rings is 1. The molecule has 0 atom stereocenters. The average molecular weight is 376 g/mol. The second kappa shape index (κ2) is 9.78. The van der Waals surface area contributed by atoms with Gasteiger partial charge in [0.25, 0.3) is 5.91 Å². The Kier molecular flexibility index (Phi) is 7.15. The zero-order valence-corrected chi connectivity index (χ0v) is 16.7. The van der Waals surface area contributed by atoms with Gasteiger partial charge in [-0.1, -0.05) is 6.92 Å². The Morgan fingerprint density at radius 1 is 1.19 bits per heavy atom. The highest BCUT2D eigenvalue weighted by molar-refractivity contribution is 5.91. The molecule has 150 valence electrons. The van der Waals surface area contributed by atoms with Crippen LogP contribution >= 0.6 is 0 Å². The number of nitrogens with one attached hydrogen (secondary N) is 1. The van der Waals surface area contributed by atoms with E-state index in [0.29, 0.717) is 18.8 Å². The summed E-state index contributed by atoms with van der Waals surface area (Å²) in [4.78, 5) is 23.4. The van der Waals surface area contributed by atoms with Crippen molar-refractivity contribution in [2.45, 2.75) is 26.2 Å². The average Bonchev–Trinajstić information content (AvgIpc) is 3.26. The molecule has 0 unspecified atom stereocenters. The second-order valence-electron chi connectivity index (χ2n) is 7.40. The topological polar surface area (TPSA) is 64.3 Å². The zero-order chi connectivity index (χ0) is 19.1. The molecule has 3 rings (SSSR count). The number of guanidine groups is 1. The third-order valence-electron chi connectivity index (χ3n) is 5.80. The van der Waals surface area contributed by atoms with E-state index in [1.807, 2.05) is 11.9 Å². The Balaban J connectivity index is 1.38. The maximum absolute atomic E-state index is 12.4. The van der Waals surface area contributed by atoms with Gasteiger partial charge >= 0.3 is 0 Å². The van der Waals surface area contributed by atoms with E-state index in [4.69, 9.17) is 4.42 Å². The van der Waals surface area contributed by atoms with Crippen LogP contribution in [0.2, 0.25) is 0 Å². The van der Waals surface area contributed by atoms with Gasteiger partial charge < -0.3 is 24.4 Å². The van der Waals surface area contributed by atoms with Crippen molar-refractivity contribution in [3.63, 3.8) is 0 Å². The first kappa shape index (κ1) is 19.7. The van der Waals surface area contributed by atoms with E-state index in [0.717, 1.165) is 31.5 Å². The number of piperazine rings is 1. The van der Waals surface area contributed by atoms with Gasteiger partial charge in [0, 0.05) is 39.8 Å². The molecule has 0 radical (unpaired) electrons. The molecule has 0 aromatic carbocycles. The van der Waals surface area contributed by atoms with Gasteiger partial charge in [0.2, 0.25) is 0 Å². The van der Waals surface area contributed by atoms with Crippen LogP contribution in [0.25, 0.3) is 0 Å². The Morgan fingerprint density at radius 2 is 1.89 bits per heavy atom. The van der Waals surface area contributed by atoms with Crippen molar-refractivity contribution in [3.05, 3.63) is 24.2 Å². The van der Waals surface area contributed by atoms with Crippen LogP contribution in [0.4, 0.5) is 0 Å². The highest BCUT2D eigenvalue weighted by atomic mass is 16.3. The smallest absolute Gasteiger partial charge is 0.289 e. The number of rotatable bonds is 5. The minimum atomic E-state index is -0.0268. The van der Waals surface area contributed by atoms with Crippen molar-refractivity contribution in [3.8, 4) is 0 Å². The molecule has 2 aliphatic rings. The number of carbonyl (C=O) groups is 1. The normalized spacial score (nSPS) is 20.1. The van der Waals surface area contributed by atoms with Crippen LogP contribution in [0, 0.1) is 5.92 Å². The van der Waals surface area contributed by atoms with Crippen LogP contribution in [-0.4, -0.2) is 86.0 Å². The third-order valence-corrected chi connectivity index (χ3v) is 5.80. The summed E-state index contributed by atoms with van der Waals surface area (Å²) in [7, 11) is 1.84. The monoisotopic (exact) mass is 375 g/mol. The van der Waals surface area contributed by atoms with Crippen LogP contribution in [0.3, 0.4) is 0 Å². The van der Waals surface area contributed by atoms with Gasteiger partial charge in [0.1, 0.15) is 0 Å². The number of carbonyl (C=O) groups excluding carboxylic acids is 1. The van der Waals surface area contributed by atoms with Gasteiger partial charge in [0.15, 0.2) is 11.7 Å². The maximum Gasteiger partial charge on any atom is 0.289 e. The summed E-state index contributed by atoms with van der Waals surface area (Å²) in [6, 6.07) is 3.47. The molecule has 1 amide bonds. The molecule has 0 bridgehead atoms. The Morgan fingerprint density at radius 3 is 2.48 bits per heavy atom. The lowest BCUT2D eigenvalue weighted by molar-refractivity contribution is 0.0657. The van der Waals surface area contributed by atoms with Gasteiger partial charge in [-0.3, -0.25) is 9.79 Å². The summed E-state index contributed by atoms with van der Waals surface area (Å²) < 4.78 is 5.22. The summed E-state index contributed by atoms with van der Waals surface area (Å²) in [5.74, 6) is 2.16. The van der Waals surface area contributed by atoms with Crippen LogP contribution in [-0.2, 0) is 0 Å². The molecule has 2 aliphatic heterocycles. The molecule has 27 heavy (non-hydrogen) atoms. The van der Waals surface area contributed by atoms with E-state index < -0.39 is 0 Å². The third kappa shape index (κ3) is 5.25. The largest absolute Gasteiger partial charge is 0.459 e. The molecule has 0 saturated carbocycles. The van der Waals surface area contributed by atoms with E-state index in [1.165, 1.54) is 38.9 Å². The van der Waals surface area contributed by atoms with E-state index in [2.05, 4.69) is 27.0 Å². The summed E-state index contributed by atoms with van der Waals surface area (Å²) in [6.07, 6.45) is 5.36. The quantitative estimate of drug-likeness (QED) is 0.627. The number of hydrogen-bond acceptors (Lipinski definition) is 4. The van der Waals surface area contributed by atoms with Crippen molar-refractivity contribution >= 4 is 11.9 Å². The second-order valence-corrected chi connectivity index (χ2v) is 7.40. The summed E-state index contributed by atoms with van der Waals surface area (Å²) in [5, 5.41) is 3.52. The van der Waals surface area contributed by atoms with Crippen molar-refractivity contribution in [2.24, 2.45) is 10.9 Å². The molecular weight excluding hydrogens is 342 g/mol. The minimum absolute atomic E-state index is 0.0268. The molecule has 1 aromatic rings. The van der Waals surface area contributed by atoms with Crippen LogP contribution in [0.5, 0.6) is 0 Å². The van der Waals surface area contributed by atoms with Gasteiger partial charge in [-0.2, -0.15) is 0 Å². The number of hydrogen-bond donors (Lipinski definition) is 1. The summed E-state index contributed by atoms with van der Waals surface area (Å²) in [6.45, 7) is 9.82. The molecule has 3 heterocycles. The lowest BCUT2D eigenvalue weighted by atomic mass is 9.93.